The average molecular weight is 490 g/mol. The molecule has 1 aliphatic carbocycles. The first-order chi connectivity index (χ1) is 16.0. The van der Waals surface area contributed by atoms with Crippen molar-refractivity contribution in [2.45, 2.75) is 94.3 Å². The van der Waals surface area contributed by atoms with Gasteiger partial charge in [-0.2, -0.15) is 0 Å². The maximum absolute atomic E-state index is 13.3. The molecule has 3 aliphatic heterocycles. The van der Waals surface area contributed by atoms with Crippen LogP contribution in [0.1, 0.15) is 76.8 Å². The third-order valence-electron chi connectivity index (χ3n) is 8.09. The molecule has 0 saturated carbocycles. The van der Waals surface area contributed by atoms with Crippen LogP contribution in [0.3, 0.4) is 0 Å². The minimum atomic E-state index is -1.56. The van der Waals surface area contributed by atoms with Crippen molar-refractivity contribution in [3.63, 3.8) is 0 Å². The Morgan fingerprint density at radius 2 is 1.97 bits per heavy atom. The highest BCUT2D eigenvalue weighted by Gasteiger charge is 2.57. The van der Waals surface area contributed by atoms with E-state index < -0.39 is 17.7 Å². The summed E-state index contributed by atoms with van der Waals surface area (Å²) in [6.07, 6.45) is 6.63. The molecule has 1 saturated heterocycles. The van der Waals surface area contributed by atoms with Gasteiger partial charge >= 0.3 is 5.97 Å². The van der Waals surface area contributed by atoms with Crippen molar-refractivity contribution >= 4 is 17.6 Å². The molecule has 0 amide bonds. The van der Waals surface area contributed by atoms with Crippen LogP contribution in [-0.2, 0) is 16.0 Å². The summed E-state index contributed by atoms with van der Waals surface area (Å²) in [6.45, 7) is 9.72. The quantitative estimate of drug-likeness (QED) is 0.355. The average Bonchev–Trinajstić information content (AvgIpc) is 3.41. The Bertz CT molecular complexity index is 1010. The molecular formula is C27H36ClNO5. The van der Waals surface area contributed by atoms with E-state index in [2.05, 4.69) is 30.0 Å². The first kappa shape index (κ1) is 24.0. The van der Waals surface area contributed by atoms with Gasteiger partial charge in [0, 0.05) is 17.3 Å². The van der Waals surface area contributed by atoms with Crippen LogP contribution in [0.15, 0.2) is 23.8 Å². The van der Waals surface area contributed by atoms with E-state index in [4.69, 9.17) is 25.8 Å². The number of alkyl halides is 1. The number of nitrogens with zero attached hydrogens (tertiary/aromatic N) is 1. The van der Waals surface area contributed by atoms with Gasteiger partial charge in [-0.1, -0.05) is 6.08 Å². The predicted molar refractivity (Wildman–Crippen MR) is 131 cm³/mol. The fourth-order valence-electron chi connectivity index (χ4n) is 6.40. The Hall–Kier alpha value is -1.76. The standard InChI is InChI=1S/C27H36ClNO5/c1-17-15-27-10-6-11-29(27)12-7-18-13-20-21(33-16-32-20)14-19(18)22(27)23(17)34-24(30)26(4,31)9-5-8-25(2,3)28/h13-15,22-23,31H,5-12,16H2,1-4H3/t22-,23?,26-,27-/m1/s1. The SMILES string of the molecule is CC1=C[C@@]23CCCN2CCc2cc4c(cc2[C@@H]3C1OC(=O)[C@](C)(O)CCCC(C)(C)Cl)OCO4. The van der Waals surface area contributed by atoms with Crippen molar-refractivity contribution in [1.29, 1.82) is 0 Å². The second kappa shape index (κ2) is 8.42. The normalized spacial score (nSPS) is 29.5. The Morgan fingerprint density at radius 1 is 1.24 bits per heavy atom. The van der Waals surface area contributed by atoms with Gasteiger partial charge in [-0.3, -0.25) is 4.90 Å². The maximum atomic E-state index is 13.3. The van der Waals surface area contributed by atoms with E-state index in [0.717, 1.165) is 49.4 Å². The summed E-state index contributed by atoms with van der Waals surface area (Å²) < 4.78 is 17.6. The first-order valence-electron chi connectivity index (χ1n) is 12.5. The smallest absolute Gasteiger partial charge is 0.338 e. The van der Waals surface area contributed by atoms with Gasteiger partial charge in [-0.15, -0.1) is 11.6 Å². The van der Waals surface area contributed by atoms with E-state index in [1.807, 2.05) is 13.8 Å². The number of hydrogen-bond acceptors (Lipinski definition) is 6. The van der Waals surface area contributed by atoms with E-state index in [-0.39, 0.29) is 23.1 Å². The molecule has 3 heterocycles. The second-order valence-electron chi connectivity index (χ2n) is 11.3. The van der Waals surface area contributed by atoms with Gasteiger partial charge < -0.3 is 19.3 Å². The summed E-state index contributed by atoms with van der Waals surface area (Å²) >= 11 is 6.30. The molecule has 6 nitrogen and oxygen atoms in total. The number of esters is 1. The first-order valence-corrected chi connectivity index (χ1v) is 12.9. The molecule has 1 unspecified atom stereocenters. The van der Waals surface area contributed by atoms with Crippen LogP contribution >= 0.6 is 11.6 Å². The highest BCUT2D eigenvalue weighted by Crippen LogP contribution is 2.55. The highest BCUT2D eigenvalue weighted by molar-refractivity contribution is 6.23. The molecule has 34 heavy (non-hydrogen) atoms. The molecule has 1 aromatic carbocycles. The number of ether oxygens (including phenoxy) is 3. The molecule has 186 valence electrons. The number of hydrogen-bond donors (Lipinski definition) is 1. The number of carbonyl (C=O) groups excluding carboxylic acids is 1. The Balaban J connectivity index is 1.45. The van der Waals surface area contributed by atoms with Crippen molar-refractivity contribution in [2.24, 2.45) is 0 Å². The summed E-state index contributed by atoms with van der Waals surface area (Å²) in [4.78, 5) is 15.5. The fraction of sp³-hybridized carbons (Fsp3) is 0.667. The number of benzene rings is 1. The lowest BCUT2D eigenvalue weighted by Crippen LogP contribution is -2.48. The van der Waals surface area contributed by atoms with E-state index in [0.29, 0.717) is 19.3 Å². The molecule has 7 heteroatoms. The van der Waals surface area contributed by atoms with Crippen molar-refractivity contribution in [3.05, 3.63) is 34.9 Å². The van der Waals surface area contributed by atoms with E-state index >= 15 is 0 Å². The van der Waals surface area contributed by atoms with Gasteiger partial charge in [0.2, 0.25) is 6.79 Å². The molecule has 1 spiro atoms. The predicted octanol–water partition coefficient (Wildman–Crippen LogP) is 4.70. The highest BCUT2D eigenvalue weighted by atomic mass is 35.5. The second-order valence-corrected chi connectivity index (χ2v) is 12.3. The van der Waals surface area contributed by atoms with Crippen LogP contribution in [0, 0.1) is 0 Å². The Kier molecular flexibility index (Phi) is 5.93. The van der Waals surface area contributed by atoms with E-state index in [1.54, 1.807) is 6.92 Å². The van der Waals surface area contributed by atoms with Crippen molar-refractivity contribution < 1.29 is 24.1 Å². The molecule has 4 aliphatic rings. The Morgan fingerprint density at radius 3 is 2.71 bits per heavy atom. The summed E-state index contributed by atoms with van der Waals surface area (Å²) in [5, 5.41) is 11.0. The third-order valence-corrected chi connectivity index (χ3v) is 8.28. The number of aliphatic hydroxyl groups is 1. The van der Waals surface area contributed by atoms with E-state index in [1.165, 1.54) is 11.1 Å². The van der Waals surface area contributed by atoms with E-state index in [9.17, 15) is 9.90 Å². The van der Waals surface area contributed by atoms with Gasteiger partial charge in [-0.25, -0.2) is 4.79 Å². The summed E-state index contributed by atoms with van der Waals surface area (Å²) in [6, 6.07) is 4.20. The number of rotatable bonds is 6. The molecule has 0 radical (unpaired) electrons. The minimum absolute atomic E-state index is 0.0384. The molecule has 4 atom stereocenters. The topological polar surface area (TPSA) is 68.2 Å². The molecule has 0 aromatic heterocycles. The van der Waals surface area contributed by atoms with Gasteiger partial charge in [-0.05, 0) is 102 Å². The van der Waals surface area contributed by atoms with Crippen LogP contribution in [0.4, 0.5) is 0 Å². The fourth-order valence-corrected chi connectivity index (χ4v) is 6.53. The third kappa shape index (κ3) is 4.12. The molecule has 5 rings (SSSR count). The Labute approximate surface area is 207 Å². The number of carbonyl (C=O) groups is 1. The van der Waals surface area contributed by atoms with Gasteiger partial charge in [0.25, 0.3) is 0 Å². The summed E-state index contributed by atoms with van der Waals surface area (Å²) in [5.74, 6) is 0.941. The number of fused-ring (bicyclic) bond motifs is 3. The van der Waals surface area contributed by atoms with Crippen LogP contribution in [0.2, 0.25) is 0 Å². The lowest BCUT2D eigenvalue weighted by molar-refractivity contribution is -0.169. The minimum Gasteiger partial charge on any atom is -0.455 e. The molecule has 1 N–H and O–H groups in total. The maximum Gasteiger partial charge on any atom is 0.338 e. The molecular weight excluding hydrogens is 454 g/mol. The monoisotopic (exact) mass is 489 g/mol. The van der Waals surface area contributed by atoms with Gasteiger partial charge in [0.15, 0.2) is 17.1 Å². The summed E-state index contributed by atoms with van der Waals surface area (Å²) in [5.41, 5.74) is 1.71. The molecule has 1 aromatic rings. The lowest BCUT2D eigenvalue weighted by Gasteiger charge is -2.40. The lowest BCUT2D eigenvalue weighted by atomic mass is 9.77. The van der Waals surface area contributed by atoms with Crippen molar-refractivity contribution in [1.82, 2.24) is 4.90 Å². The van der Waals surface area contributed by atoms with Crippen LogP contribution < -0.4 is 9.47 Å². The molecule has 1 fully saturated rings. The van der Waals surface area contributed by atoms with Gasteiger partial charge in [0.05, 0.1) is 5.54 Å². The van der Waals surface area contributed by atoms with Crippen LogP contribution in [0.25, 0.3) is 0 Å². The van der Waals surface area contributed by atoms with Crippen LogP contribution in [-0.4, -0.2) is 58.0 Å². The van der Waals surface area contributed by atoms with Crippen molar-refractivity contribution in [3.8, 4) is 11.5 Å². The zero-order valence-electron chi connectivity index (χ0n) is 20.7. The largest absolute Gasteiger partial charge is 0.455 e. The zero-order chi connectivity index (χ0) is 24.3. The van der Waals surface area contributed by atoms with Gasteiger partial charge in [0.1, 0.15) is 6.10 Å². The molecule has 0 bridgehead atoms. The zero-order valence-corrected chi connectivity index (χ0v) is 21.4. The number of halogens is 1. The summed E-state index contributed by atoms with van der Waals surface area (Å²) in [7, 11) is 0. The van der Waals surface area contributed by atoms with Crippen molar-refractivity contribution in [2.75, 3.05) is 19.9 Å². The van der Waals surface area contributed by atoms with Crippen LogP contribution in [0.5, 0.6) is 11.5 Å².